The summed E-state index contributed by atoms with van der Waals surface area (Å²) in [4.78, 5) is 11.2. The average molecular weight is 224 g/mol. The van der Waals surface area contributed by atoms with Gasteiger partial charge in [-0.25, -0.2) is 9.13 Å². The highest BCUT2D eigenvalue weighted by Crippen LogP contribution is 2.17. The lowest BCUT2D eigenvalue weighted by Crippen LogP contribution is -2.56. The van der Waals surface area contributed by atoms with Gasteiger partial charge >= 0.3 is 5.82 Å². The largest absolute Gasteiger partial charge is 0.538 e. The maximum absolute atomic E-state index is 11.2. The summed E-state index contributed by atoms with van der Waals surface area (Å²) < 4.78 is 3.46. The number of aromatic carboxylic acids is 1. The average Bonchev–Trinajstić information content (AvgIpc) is 2.43. The molecule has 0 unspecified atom stereocenters. The highest BCUT2D eigenvalue weighted by molar-refractivity contribution is 5.80. The molecule has 0 radical (unpaired) electrons. The normalized spacial score (nSPS) is 12.9. The fraction of sp³-hybridized carbons (Fsp3) is 0.667. The molecule has 0 saturated heterocycles. The molecule has 1 rings (SSSR count). The molecule has 0 amide bonds. The Morgan fingerprint density at radius 2 is 1.75 bits per heavy atom. The Hall–Kier alpha value is -1.32. The van der Waals surface area contributed by atoms with E-state index in [2.05, 4.69) is 0 Å². The summed E-state index contributed by atoms with van der Waals surface area (Å²) in [5.41, 5.74) is -0.544. The molecular formula is C12H20N2O2. The van der Waals surface area contributed by atoms with Crippen molar-refractivity contribution >= 4 is 5.97 Å². The molecular weight excluding hydrogens is 204 g/mol. The predicted molar refractivity (Wildman–Crippen MR) is 58.9 cm³/mol. The van der Waals surface area contributed by atoms with Gasteiger partial charge in [-0.05, 0) is 41.5 Å². The Kier molecular flexibility index (Phi) is 2.88. The van der Waals surface area contributed by atoms with Gasteiger partial charge in [-0.2, -0.15) is 0 Å². The first-order chi connectivity index (χ1) is 7.05. The summed E-state index contributed by atoms with van der Waals surface area (Å²) in [5.74, 6) is -0.935. The van der Waals surface area contributed by atoms with Crippen LogP contribution >= 0.6 is 0 Å². The standard InChI is InChI=1S/C12H20N2O2/c1-11(2,3)13-7-8-14(12(4,5)6)9(13)10(15)16/h7-8H,1-6H3. The van der Waals surface area contributed by atoms with Gasteiger partial charge in [0.25, 0.3) is 0 Å². The number of carboxylic acid groups (broad SMARTS) is 1. The van der Waals surface area contributed by atoms with Crippen LogP contribution in [0.1, 0.15) is 52.2 Å². The van der Waals surface area contributed by atoms with Gasteiger partial charge in [-0.15, -0.1) is 0 Å². The third kappa shape index (κ3) is 2.26. The SMILES string of the molecule is CC(C)(C)n1cc[n+](C(C)(C)C)c1C(=O)[O-]. The zero-order chi connectivity index (χ0) is 12.7. The molecule has 1 aromatic rings. The molecule has 0 fully saturated rings. The fourth-order valence-corrected chi connectivity index (χ4v) is 1.67. The van der Waals surface area contributed by atoms with Crippen molar-refractivity contribution in [3.63, 3.8) is 0 Å². The van der Waals surface area contributed by atoms with Crippen molar-refractivity contribution in [1.82, 2.24) is 4.57 Å². The van der Waals surface area contributed by atoms with Gasteiger partial charge < -0.3 is 9.90 Å². The summed E-state index contributed by atoms with van der Waals surface area (Å²) in [6, 6.07) is 0. The number of nitrogens with zero attached hydrogens (tertiary/aromatic N) is 2. The first-order valence-electron chi connectivity index (χ1n) is 5.40. The molecule has 0 N–H and O–H groups in total. The Bertz CT molecular complexity index is 374. The van der Waals surface area contributed by atoms with E-state index in [1.165, 1.54) is 0 Å². The van der Waals surface area contributed by atoms with Gasteiger partial charge in [0.1, 0.15) is 23.5 Å². The minimum atomic E-state index is -1.14. The van der Waals surface area contributed by atoms with E-state index in [4.69, 9.17) is 0 Å². The van der Waals surface area contributed by atoms with Crippen molar-refractivity contribution < 1.29 is 14.5 Å². The van der Waals surface area contributed by atoms with E-state index in [-0.39, 0.29) is 16.9 Å². The van der Waals surface area contributed by atoms with Crippen LogP contribution < -0.4 is 9.67 Å². The topological polar surface area (TPSA) is 48.9 Å². The molecule has 0 aromatic carbocycles. The molecule has 0 spiro atoms. The van der Waals surface area contributed by atoms with Crippen molar-refractivity contribution in [3.8, 4) is 0 Å². The lowest BCUT2D eigenvalue weighted by atomic mass is 10.1. The Labute approximate surface area is 96.5 Å². The van der Waals surface area contributed by atoms with Crippen LogP contribution in [0.15, 0.2) is 12.4 Å². The van der Waals surface area contributed by atoms with Crippen LogP contribution in [-0.4, -0.2) is 10.5 Å². The van der Waals surface area contributed by atoms with Crippen LogP contribution in [0.5, 0.6) is 0 Å². The van der Waals surface area contributed by atoms with Gasteiger partial charge in [-0.1, -0.05) is 0 Å². The molecule has 90 valence electrons. The number of rotatable bonds is 1. The van der Waals surface area contributed by atoms with Gasteiger partial charge in [0.15, 0.2) is 5.97 Å². The smallest absolute Gasteiger partial charge is 0.305 e. The number of carbonyl (C=O) groups is 1. The zero-order valence-corrected chi connectivity index (χ0v) is 10.9. The molecule has 0 aliphatic carbocycles. The number of hydrogen-bond donors (Lipinski definition) is 0. The predicted octanol–water partition coefficient (Wildman–Crippen LogP) is 0.649. The highest BCUT2D eigenvalue weighted by atomic mass is 16.4. The second-order valence-corrected chi connectivity index (χ2v) is 5.99. The van der Waals surface area contributed by atoms with Gasteiger partial charge in [-0.3, -0.25) is 0 Å². The molecule has 4 nitrogen and oxygen atoms in total. The number of hydrogen-bond acceptors (Lipinski definition) is 2. The van der Waals surface area contributed by atoms with Gasteiger partial charge in [0.05, 0.1) is 0 Å². The summed E-state index contributed by atoms with van der Waals surface area (Å²) in [7, 11) is 0. The van der Waals surface area contributed by atoms with Crippen LogP contribution in [0.4, 0.5) is 0 Å². The molecule has 0 bridgehead atoms. The molecule has 0 aliphatic rings. The first kappa shape index (κ1) is 12.7. The van der Waals surface area contributed by atoms with Crippen LogP contribution in [0.25, 0.3) is 0 Å². The van der Waals surface area contributed by atoms with E-state index in [9.17, 15) is 9.90 Å². The van der Waals surface area contributed by atoms with E-state index >= 15 is 0 Å². The van der Waals surface area contributed by atoms with Gasteiger partial charge in [0.2, 0.25) is 0 Å². The number of carboxylic acids is 1. The number of imidazole rings is 1. The first-order valence-corrected chi connectivity index (χ1v) is 5.40. The molecule has 1 heterocycles. The minimum Gasteiger partial charge on any atom is -0.538 e. The summed E-state index contributed by atoms with van der Waals surface area (Å²) >= 11 is 0. The third-order valence-electron chi connectivity index (χ3n) is 2.45. The van der Waals surface area contributed by atoms with E-state index in [1.807, 2.05) is 41.5 Å². The summed E-state index contributed by atoms with van der Waals surface area (Å²) in [5, 5.41) is 11.2. The van der Waals surface area contributed by atoms with E-state index in [0.29, 0.717) is 0 Å². The van der Waals surface area contributed by atoms with E-state index in [0.717, 1.165) is 0 Å². The number of carbonyl (C=O) groups excluding carboxylic acids is 1. The molecule has 1 aromatic heterocycles. The molecule has 0 atom stereocenters. The Morgan fingerprint density at radius 3 is 2.06 bits per heavy atom. The van der Waals surface area contributed by atoms with E-state index < -0.39 is 5.97 Å². The lowest BCUT2D eigenvalue weighted by Gasteiger charge is -2.21. The number of aromatic nitrogens is 2. The minimum absolute atomic E-state index is 0.208. The van der Waals surface area contributed by atoms with Crippen molar-refractivity contribution in [2.75, 3.05) is 0 Å². The second kappa shape index (κ2) is 3.61. The zero-order valence-electron chi connectivity index (χ0n) is 10.9. The monoisotopic (exact) mass is 224 g/mol. The van der Waals surface area contributed by atoms with E-state index in [1.54, 1.807) is 21.5 Å². The van der Waals surface area contributed by atoms with Crippen molar-refractivity contribution in [1.29, 1.82) is 0 Å². The molecule has 16 heavy (non-hydrogen) atoms. The maximum atomic E-state index is 11.2. The summed E-state index contributed by atoms with van der Waals surface area (Å²) in [6.45, 7) is 11.8. The maximum Gasteiger partial charge on any atom is 0.305 e. The highest BCUT2D eigenvalue weighted by Gasteiger charge is 2.32. The third-order valence-corrected chi connectivity index (χ3v) is 2.45. The van der Waals surface area contributed by atoms with Crippen molar-refractivity contribution in [3.05, 3.63) is 18.2 Å². The summed E-state index contributed by atoms with van der Waals surface area (Å²) in [6.07, 6.45) is 3.58. The second-order valence-electron chi connectivity index (χ2n) is 5.99. The van der Waals surface area contributed by atoms with Crippen LogP contribution in [0.3, 0.4) is 0 Å². The molecule has 0 saturated carbocycles. The van der Waals surface area contributed by atoms with Crippen LogP contribution in [0, 0.1) is 0 Å². The van der Waals surface area contributed by atoms with Crippen LogP contribution in [-0.2, 0) is 11.1 Å². The van der Waals surface area contributed by atoms with Gasteiger partial charge in [0, 0.05) is 0 Å². The van der Waals surface area contributed by atoms with Crippen molar-refractivity contribution in [2.45, 2.75) is 52.6 Å². The fourth-order valence-electron chi connectivity index (χ4n) is 1.67. The Morgan fingerprint density at radius 1 is 1.25 bits per heavy atom. The van der Waals surface area contributed by atoms with Crippen molar-refractivity contribution in [2.24, 2.45) is 0 Å². The quantitative estimate of drug-likeness (QED) is 0.658. The Balaban J connectivity index is 3.47. The van der Waals surface area contributed by atoms with Crippen LogP contribution in [0.2, 0.25) is 0 Å². The molecule has 4 heteroatoms. The molecule has 0 aliphatic heterocycles. The lowest BCUT2D eigenvalue weighted by molar-refractivity contribution is -0.757.